The van der Waals surface area contributed by atoms with Gasteiger partial charge in [-0.25, -0.2) is 0 Å². The maximum absolute atomic E-state index is 9.62. The molecule has 0 aliphatic heterocycles. The van der Waals surface area contributed by atoms with Crippen molar-refractivity contribution in [2.45, 2.75) is 60.5 Å². The molecule has 0 spiro atoms. The molecule has 1 N–H and O–H groups in total. The fraction of sp³-hybridized carbons (Fsp3) is 1.00. The summed E-state index contributed by atoms with van der Waals surface area (Å²) in [6.07, 6.45) is 3.14. The zero-order valence-corrected chi connectivity index (χ0v) is 8.30. The predicted molar refractivity (Wildman–Crippen MR) is 56.3 cm³/mol. The maximum atomic E-state index is 9.62. The van der Waals surface area contributed by atoms with Gasteiger partial charge in [-0.1, -0.05) is 41.5 Å². The van der Waals surface area contributed by atoms with Gasteiger partial charge in [-0.3, -0.25) is 0 Å². The van der Waals surface area contributed by atoms with E-state index < -0.39 is 0 Å². The highest BCUT2D eigenvalue weighted by molar-refractivity contribution is 4.70. The van der Waals surface area contributed by atoms with Crippen molar-refractivity contribution in [2.75, 3.05) is 0 Å². The van der Waals surface area contributed by atoms with E-state index in [1.807, 2.05) is 0 Å². The van der Waals surface area contributed by atoms with Crippen LogP contribution in [0.2, 0.25) is 0 Å². The van der Waals surface area contributed by atoms with E-state index in [0.717, 1.165) is 12.8 Å². The SMILES string of the molecule is C.CCC[C@H](C(C)C)[C@@H](O)CC. The van der Waals surface area contributed by atoms with E-state index in [-0.39, 0.29) is 13.5 Å². The van der Waals surface area contributed by atoms with Crippen molar-refractivity contribution >= 4 is 0 Å². The molecule has 0 aromatic heterocycles. The third kappa shape index (κ3) is 4.76. The first-order valence-corrected chi connectivity index (χ1v) is 4.81. The summed E-state index contributed by atoms with van der Waals surface area (Å²) in [5.41, 5.74) is 0. The molecule has 0 unspecified atom stereocenters. The van der Waals surface area contributed by atoms with Crippen molar-refractivity contribution in [1.82, 2.24) is 0 Å². The molecule has 76 valence electrons. The molecule has 0 aromatic carbocycles. The van der Waals surface area contributed by atoms with Gasteiger partial charge in [0.25, 0.3) is 0 Å². The highest BCUT2D eigenvalue weighted by Gasteiger charge is 2.19. The fourth-order valence-electron chi connectivity index (χ4n) is 1.61. The van der Waals surface area contributed by atoms with Crippen LogP contribution in [-0.4, -0.2) is 11.2 Å². The highest BCUT2D eigenvalue weighted by atomic mass is 16.3. The van der Waals surface area contributed by atoms with E-state index >= 15 is 0 Å². The Morgan fingerprint density at radius 2 is 1.67 bits per heavy atom. The Kier molecular flexibility index (Phi) is 9.17. The number of hydrogen-bond donors (Lipinski definition) is 1. The molecule has 0 fully saturated rings. The molecule has 0 aliphatic carbocycles. The smallest absolute Gasteiger partial charge is 0.0568 e. The third-order valence-electron chi connectivity index (χ3n) is 2.39. The van der Waals surface area contributed by atoms with Gasteiger partial charge < -0.3 is 5.11 Å². The zero-order valence-electron chi connectivity index (χ0n) is 8.30. The lowest BCUT2D eigenvalue weighted by molar-refractivity contribution is 0.0722. The van der Waals surface area contributed by atoms with Gasteiger partial charge in [0.05, 0.1) is 6.10 Å². The molecule has 0 heterocycles. The van der Waals surface area contributed by atoms with Gasteiger partial charge in [0, 0.05) is 0 Å². The van der Waals surface area contributed by atoms with Crippen LogP contribution in [-0.2, 0) is 0 Å². The molecule has 1 nitrogen and oxygen atoms in total. The van der Waals surface area contributed by atoms with Gasteiger partial charge in [0.1, 0.15) is 0 Å². The van der Waals surface area contributed by atoms with Crippen LogP contribution < -0.4 is 0 Å². The Balaban J connectivity index is 0. The quantitative estimate of drug-likeness (QED) is 0.676. The second kappa shape index (κ2) is 7.60. The molecule has 0 saturated heterocycles. The van der Waals surface area contributed by atoms with Gasteiger partial charge in [-0.15, -0.1) is 0 Å². The average Bonchev–Trinajstić information content (AvgIpc) is 1.98. The largest absolute Gasteiger partial charge is 0.393 e. The van der Waals surface area contributed by atoms with Gasteiger partial charge >= 0.3 is 0 Å². The Bertz CT molecular complexity index is 89.0. The summed E-state index contributed by atoms with van der Waals surface area (Å²) in [6, 6.07) is 0. The lowest BCUT2D eigenvalue weighted by Gasteiger charge is -2.24. The molecular formula is C11H26O. The normalized spacial score (nSPS) is 15.5. The second-order valence-electron chi connectivity index (χ2n) is 3.67. The molecule has 2 atom stereocenters. The Morgan fingerprint density at radius 1 is 1.17 bits per heavy atom. The van der Waals surface area contributed by atoms with Crippen LogP contribution in [0.25, 0.3) is 0 Å². The van der Waals surface area contributed by atoms with Crippen LogP contribution in [0, 0.1) is 11.8 Å². The molecule has 0 amide bonds. The van der Waals surface area contributed by atoms with E-state index in [0.29, 0.717) is 11.8 Å². The van der Waals surface area contributed by atoms with Crippen molar-refractivity contribution in [3.63, 3.8) is 0 Å². The molecule has 0 aromatic rings. The van der Waals surface area contributed by atoms with Crippen molar-refractivity contribution in [3.8, 4) is 0 Å². The van der Waals surface area contributed by atoms with Crippen molar-refractivity contribution in [1.29, 1.82) is 0 Å². The lowest BCUT2D eigenvalue weighted by atomic mass is 9.85. The highest BCUT2D eigenvalue weighted by Crippen LogP contribution is 2.22. The molecular weight excluding hydrogens is 148 g/mol. The molecule has 0 saturated carbocycles. The predicted octanol–water partition coefficient (Wildman–Crippen LogP) is 3.47. The summed E-state index contributed by atoms with van der Waals surface area (Å²) >= 11 is 0. The number of aliphatic hydroxyl groups is 1. The average molecular weight is 174 g/mol. The first kappa shape index (κ1) is 14.5. The maximum Gasteiger partial charge on any atom is 0.0568 e. The Morgan fingerprint density at radius 3 is 1.92 bits per heavy atom. The summed E-state index contributed by atoms with van der Waals surface area (Å²) in [7, 11) is 0. The standard InChI is InChI=1S/C10H22O.CH4/c1-5-7-9(8(3)4)10(11)6-2;/h8-11H,5-7H2,1-4H3;1H4/t9-,10+;/m1./s1. The third-order valence-corrected chi connectivity index (χ3v) is 2.39. The second-order valence-corrected chi connectivity index (χ2v) is 3.67. The van der Waals surface area contributed by atoms with E-state index in [9.17, 15) is 5.11 Å². The minimum Gasteiger partial charge on any atom is -0.393 e. The van der Waals surface area contributed by atoms with Crippen LogP contribution >= 0.6 is 0 Å². The summed E-state index contributed by atoms with van der Waals surface area (Å²) in [4.78, 5) is 0. The Labute approximate surface area is 78.2 Å². The molecule has 0 rings (SSSR count). The van der Waals surface area contributed by atoms with Crippen LogP contribution in [0.15, 0.2) is 0 Å². The van der Waals surface area contributed by atoms with E-state index in [1.54, 1.807) is 0 Å². The van der Waals surface area contributed by atoms with Gasteiger partial charge in [-0.05, 0) is 24.7 Å². The van der Waals surface area contributed by atoms with Gasteiger partial charge in [0.2, 0.25) is 0 Å². The lowest BCUT2D eigenvalue weighted by Crippen LogP contribution is -2.24. The molecule has 12 heavy (non-hydrogen) atoms. The Hall–Kier alpha value is -0.0400. The first-order valence-electron chi connectivity index (χ1n) is 4.81. The number of aliphatic hydroxyl groups excluding tert-OH is 1. The van der Waals surface area contributed by atoms with Crippen LogP contribution in [0.3, 0.4) is 0 Å². The van der Waals surface area contributed by atoms with E-state index in [2.05, 4.69) is 27.7 Å². The summed E-state index contributed by atoms with van der Waals surface area (Å²) in [5, 5.41) is 9.62. The fourth-order valence-corrected chi connectivity index (χ4v) is 1.61. The molecule has 0 bridgehead atoms. The summed E-state index contributed by atoms with van der Waals surface area (Å²) < 4.78 is 0. The van der Waals surface area contributed by atoms with Crippen molar-refractivity contribution in [3.05, 3.63) is 0 Å². The van der Waals surface area contributed by atoms with Crippen LogP contribution in [0.5, 0.6) is 0 Å². The zero-order chi connectivity index (χ0) is 8.85. The van der Waals surface area contributed by atoms with E-state index in [1.165, 1.54) is 6.42 Å². The summed E-state index contributed by atoms with van der Waals surface area (Å²) in [5.74, 6) is 1.12. The van der Waals surface area contributed by atoms with Crippen molar-refractivity contribution < 1.29 is 5.11 Å². The van der Waals surface area contributed by atoms with Gasteiger partial charge in [0.15, 0.2) is 0 Å². The first-order chi connectivity index (χ1) is 5.13. The number of hydrogen-bond acceptors (Lipinski definition) is 1. The topological polar surface area (TPSA) is 20.2 Å². The van der Waals surface area contributed by atoms with Crippen LogP contribution in [0.4, 0.5) is 0 Å². The number of rotatable bonds is 5. The molecule has 0 aliphatic rings. The molecule has 0 radical (unpaired) electrons. The minimum absolute atomic E-state index is 0. The van der Waals surface area contributed by atoms with Crippen LogP contribution in [0.1, 0.15) is 54.4 Å². The monoisotopic (exact) mass is 174 g/mol. The van der Waals surface area contributed by atoms with Crippen molar-refractivity contribution in [2.24, 2.45) is 11.8 Å². The minimum atomic E-state index is -0.0880. The van der Waals surface area contributed by atoms with E-state index in [4.69, 9.17) is 0 Å². The van der Waals surface area contributed by atoms with Gasteiger partial charge in [-0.2, -0.15) is 0 Å². The summed E-state index contributed by atoms with van der Waals surface area (Å²) in [6.45, 7) is 8.62. The molecule has 1 heteroatoms.